The zero-order valence-corrected chi connectivity index (χ0v) is 13.3. The minimum Gasteiger partial charge on any atom is -0.492 e. The van der Waals surface area contributed by atoms with Crippen LogP contribution in [0.1, 0.15) is 19.8 Å². The van der Waals surface area contributed by atoms with Crippen LogP contribution in [0.25, 0.3) is 0 Å². The van der Waals surface area contributed by atoms with Crippen LogP contribution in [0.5, 0.6) is 0 Å². The summed E-state index contributed by atoms with van der Waals surface area (Å²) >= 11 is 0. The average molecular weight is 260 g/mol. The van der Waals surface area contributed by atoms with E-state index in [1.165, 1.54) is 0 Å². The molecule has 0 bridgehead atoms. The van der Waals surface area contributed by atoms with E-state index in [0.717, 1.165) is 6.42 Å². The molecule has 0 saturated carbocycles. The third-order valence-electron chi connectivity index (χ3n) is 1.73. The van der Waals surface area contributed by atoms with Crippen LogP contribution in [0, 0.1) is 0 Å². The smallest absolute Gasteiger partial charge is 0.385 e. The number of carbonyl (C=O) groups excluding carboxylic acids is 1. The predicted octanol–water partition coefficient (Wildman–Crippen LogP) is 3.44. The predicted molar refractivity (Wildman–Crippen MR) is 72.1 cm³/mol. The molecule has 0 fully saturated rings. The highest BCUT2D eigenvalue weighted by molar-refractivity contribution is 6.82. The molecule has 0 atom stereocenters. The van der Waals surface area contributed by atoms with Gasteiger partial charge in [-0.1, -0.05) is 19.9 Å². The summed E-state index contributed by atoms with van der Waals surface area (Å²) in [4.78, 5) is 11.7. The van der Waals surface area contributed by atoms with Gasteiger partial charge < -0.3 is 8.54 Å². The van der Waals surface area contributed by atoms with Crippen LogP contribution in [-0.4, -0.2) is 22.8 Å². The summed E-state index contributed by atoms with van der Waals surface area (Å²) < 4.78 is 11.4. The summed E-state index contributed by atoms with van der Waals surface area (Å²) in [6.07, 6.45) is 1.60. The molecule has 0 saturated heterocycles. The summed E-state index contributed by atoms with van der Waals surface area (Å²) in [5.41, 5.74) is 0.544. The molecule has 0 unspecified atom stereocenters. The average Bonchev–Trinajstić information content (AvgIpc) is 1.98. The van der Waals surface area contributed by atoms with E-state index < -0.39 is 16.9 Å². The van der Waals surface area contributed by atoms with Gasteiger partial charge in [0.2, 0.25) is 0 Å². The van der Waals surface area contributed by atoms with Crippen molar-refractivity contribution in [2.45, 2.75) is 52.5 Å². The molecular weight excluding hydrogens is 236 g/mol. The van der Waals surface area contributed by atoms with Crippen LogP contribution in [0.2, 0.25) is 32.7 Å². The zero-order valence-electron chi connectivity index (χ0n) is 11.3. The molecule has 16 heavy (non-hydrogen) atoms. The number of carbonyl (C=O) groups is 1. The van der Waals surface area contributed by atoms with Gasteiger partial charge in [0, 0.05) is 5.57 Å². The minimum atomic E-state index is -2.34. The molecule has 0 aliphatic heterocycles. The van der Waals surface area contributed by atoms with Crippen LogP contribution in [-0.2, 0) is 13.3 Å². The van der Waals surface area contributed by atoms with Crippen molar-refractivity contribution in [3.05, 3.63) is 12.2 Å². The third kappa shape index (κ3) is 6.97. The first-order valence-electron chi connectivity index (χ1n) is 5.68. The maximum absolute atomic E-state index is 11.7. The Morgan fingerprint density at radius 2 is 1.69 bits per heavy atom. The second-order valence-corrected chi connectivity index (χ2v) is 13.4. The van der Waals surface area contributed by atoms with E-state index in [0.29, 0.717) is 12.0 Å². The molecule has 3 nitrogen and oxygen atoms in total. The molecule has 0 radical (unpaired) electrons. The molecule has 0 heterocycles. The summed E-state index contributed by atoms with van der Waals surface area (Å²) in [6, 6.07) is 0. The van der Waals surface area contributed by atoms with Crippen LogP contribution < -0.4 is 0 Å². The Morgan fingerprint density at radius 1 is 1.19 bits per heavy atom. The molecule has 0 amide bonds. The van der Waals surface area contributed by atoms with Crippen LogP contribution in [0.3, 0.4) is 0 Å². The van der Waals surface area contributed by atoms with Gasteiger partial charge in [-0.05, 0) is 39.2 Å². The van der Waals surface area contributed by atoms with Gasteiger partial charge in [-0.3, -0.25) is 0 Å². The standard InChI is InChI=1S/C11H24O3Si2/c1-8-9-10(2)11(12)13-16(6,7)14-15(3,4)5/h2,8-9H2,1,3-7H3. The maximum atomic E-state index is 11.7. The first-order valence-corrected chi connectivity index (χ1v) is 11.9. The fraction of sp³-hybridized carbons (Fsp3) is 0.727. The van der Waals surface area contributed by atoms with Crippen LogP contribution in [0.15, 0.2) is 12.2 Å². The van der Waals surface area contributed by atoms with Gasteiger partial charge in [-0.15, -0.1) is 0 Å². The monoisotopic (exact) mass is 260 g/mol. The van der Waals surface area contributed by atoms with E-state index in [1.54, 1.807) is 0 Å². The van der Waals surface area contributed by atoms with E-state index in [1.807, 2.05) is 20.0 Å². The summed E-state index contributed by atoms with van der Waals surface area (Å²) in [7, 11) is -4.00. The van der Waals surface area contributed by atoms with E-state index in [-0.39, 0.29) is 5.97 Å². The number of hydrogen-bond donors (Lipinski definition) is 0. The Bertz CT molecular complexity index is 267. The topological polar surface area (TPSA) is 35.5 Å². The van der Waals surface area contributed by atoms with Crippen molar-refractivity contribution in [1.82, 2.24) is 0 Å². The molecule has 0 spiro atoms. The Hall–Kier alpha value is -0.396. The largest absolute Gasteiger partial charge is 0.492 e. The van der Waals surface area contributed by atoms with E-state index >= 15 is 0 Å². The van der Waals surface area contributed by atoms with Gasteiger partial charge in [0.25, 0.3) is 0 Å². The molecule has 0 aliphatic carbocycles. The fourth-order valence-corrected chi connectivity index (χ4v) is 8.11. The quantitative estimate of drug-likeness (QED) is 0.542. The van der Waals surface area contributed by atoms with Gasteiger partial charge in [0.15, 0.2) is 8.32 Å². The lowest BCUT2D eigenvalue weighted by Gasteiger charge is -2.30. The highest BCUT2D eigenvalue weighted by Crippen LogP contribution is 2.17. The molecule has 0 N–H and O–H groups in total. The highest BCUT2D eigenvalue weighted by Gasteiger charge is 2.35. The van der Waals surface area contributed by atoms with Crippen LogP contribution in [0.4, 0.5) is 0 Å². The molecular formula is C11H24O3Si2. The van der Waals surface area contributed by atoms with Crippen LogP contribution >= 0.6 is 0 Å². The Kier molecular flexibility index (Phi) is 5.65. The van der Waals surface area contributed by atoms with E-state index in [2.05, 4.69) is 26.2 Å². The van der Waals surface area contributed by atoms with Crippen molar-refractivity contribution in [2.24, 2.45) is 0 Å². The molecule has 0 aromatic heterocycles. The molecule has 0 rings (SSSR count). The SMILES string of the molecule is C=C(CCC)C(=O)O[Si](C)(C)O[Si](C)(C)C. The number of hydrogen-bond acceptors (Lipinski definition) is 3. The molecule has 5 heteroatoms. The van der Waals surface area contributed by atoms with Crippen molar-refractivity contribution >= 4 is 22.8 Å². The number of rotatable bonds is 6. The van der Waals surface area contributed by atoms with Crippen molar-refractivity contribution < 1.29 is 13.3 Å². The second-order valence-electron chi connectivity index (χ2n) is 5.36. The molecule has 94 valence electrons. The Labute approximate surface area is 101 Å². The Balaban J connectivity index is 4.36. The third-order valence-corrected chi connectivity index (χ3v) is 6.82. The maximum Gasteiger partial charge on any atom is 0.385 e. The Morgan fingerprint density at radius 3 is 2.06 bits per heavy atom. The summed E-state index contributed by atoms with van der Waals surface area (Å²) in [5, 5.41) is 0. The molecule has 0 aromatic carbocycles. The first kappa shape index (κ1) is 15.6. The normalized spacial score (nSPS) is 12.4. The lowest BCUT2D eigenvalue weighted by atomic mass is 10.2. The molecule has 0 aromatic rings. The lowest BCUT2D eigenvalue weighted by molar-refractivity contribution is -0.131. The molecule has 0 aliphatic rings. The summed E-state index contributed by atoms with van der Waals surface area (Å²) in [5.74, 6) is -0.295. The zero-order chi connectivity index (χ0) is 13.0. The highest BCUT2D eigenvalue weighted by atomic mass is 28.4. The lowest BCUT2D eigenvalue weighted by Crippen LogP contribution is -2.46. The van der Waals surface area contributed by atoms with Gasteiger partial charge in [-0.2, -0.15) is 0 Å². The van der Waals surface area contributed by atoms with E-state index in [9.17, 15) is 4.79 Å². The first-order chi connectivity index (χ1) is 7.07. The summed E-state index contributed by atoms with van der Waals surface area (Å²) in [6.45, 7) is 15.8. The van der Waals surface area contributed by atoms with Crippen molar-refractivity contribution in [3.8, 4) is 0 Å². The second kappa shape index (κ2) is 5.79. The van der Waals surface area contributed by atoms with Crippen molar-refractivity contribution in [1.29, 1.82) is 0 Å². The van der Waals surface area contributed by atoms with E-state index in [4.69, 9.17) is 8.54 Å². The van der Waals surface area contributed by atoms with Gasteiger partial charge in [0.05, 0.1) is 0 Å². The minimum absolute atomic E-state index is 0.295. The van der Waals surface area contributed by atoms with Crippen molar-refractivity contribution in [3.63, 3.8) is 0 Å². The fourth-order valence-electron chi connectivity index (χ4n) is 1.46. The van der Waals surface area contributed by atoms with Gasteiger partial charge >= 0.3 is 14.5 Å². The van der Waals surface area contributed by atoms with Gasteiger partial charge in [-0.25, -0.2) is 4.79 Å². The van der Waals surface area contributed by atoms with Crippen molar-refractivity contribution in [2.75, 3.05) is 0 Å². The van der Waals surface area contributed by atoms with Gasteiger partial charge in [0.1, 0.15) is 0 Å².